The highest BCUT2D eigenvalue weighted by atomic mass is 79.9. The van der Waals surface area contributed by atoms with Crippen molar-refractivity contribution in [1.82, 2.24) is 4.98 Å². The van der Waals surface area contributed by atoms with E-state index in [1.165, 1.54) is 0 Å². The Kier molecular flexibility index (Phi) is 2.76. The van der Waals surface area contributed by atoms with Gasteiger partial charge in [-0.05, 0) is 40.9 Å². The first-order chi connectivity index (χ1) is 5.21. The van der Waals surface area contributed by atoms with Crippen molar-refractivity contribution in [3.8, 4) is 0 Å². The van der Waals surface area contributed by atoms with Gasteiger partial charge in [-0.1, -0.05) is 6.07 Å². The van der Waals surface area contributed by atoms with Crippen LogP contribution < -0.4 is 5.73 Å². The van der Waals surface area contributed by atoms with Crippen LogP contribution >= 0.6 is 28.3 Å². The largest absolute Gasteiger partial charge is 0.320 e. The maximum absolute atomic E-state index is 5.95. The standard InChI is InChI=1S/C8H9BrN2.ClH/c9-7-3-1-2-6(11-7)8(10)4-5-8;/h1-3H,4-5,10H2;1H. The monoisotopic (exact) mass is 248 g/mol. The molecule has 0 atom stereocenters. The van der Waals surface area contributed by atoms with Crippen LogP contribution in [-0.4, -0.2) is 4.98 Å². The molecular formula is C8H10BrClN2. The number of halogens is 2. The lowest BCUT2D eigenvalue weighted by Gasteiger charge is -2.06. The predicted octanol–water partition coefficient (Wildman–Crippen LogP) is 2.21. The lowest BCUT2D eigenvalue weighted by Crippen LogP contribution is -2.20. The molecule has 1 aromatic heterocycles. The molecule has 0 radical (unpaired) electrons. The lowest BCUT2D eigenvalue weighted by atomic mass is 10.2. The van der Waals surface area contributed by atoms with Crippen LogP contribution in [0.1, 0.15) is 18.5 Å². The maximum atomic E-state index is 5.95. The third-order valence-corrected chi connectivity index (χ3v) is 2.46. The van der Waals surface area contributed by atoms with Crippen molar-refractivity contribution in [1.29, 1.82) is 0 Å². The van der Waals surface area contributed by atoms with Gasteiger partial charge in [0, 0.05) is 0 Å². The Labute approximate surface area is 86.1 Å². The van der Waals surface area contributed by atoms with Gasteiger partial charge in [-0.25, -0.2) is 4.98 Å². The number of nitrogens with two attached hydrogens (primary N) is 1. The maximum Gasteiger partial charge on any atom is 0.106 e. The van der Waals surface area contributed by atoms with E-state index in [4.69, 9.17) is 5.73 Å². The van der Waals surface area contributed by atoms with Crippen LogP contribution in [0.15, 0.2) is 22.8 Å². The molecule has 0 unspecified atom stereocenters. The summed E-state index contributed by atoms with van der Waals surface area (Å²) in [5, 5.41) is 0. The molecule has 4 heteroatoms. The van der Waals surface area contributed by atoms with Gasteiger partial charge in [-0.15, -0.1) is 12.4 Å². The van der Waals surface area contributed by atoms with Crippen LogP contribution in [0.3, 0.4) is 0 Å². The zero-order chi connectivity index (χ0) is 7.90. The average molecular weight is 250 g/mol. The third kappa shape index (κ3) is 1.79. The number of hydrogen-bond donors (Lipinski definition) is 1. The van der Waals surface area contributed by atoms with Crippen LogP contribution in [-0.2, 0) is 5.54 Å². The van der Waals surface area contributed by atoms with E-state index < -0.39 is 0 Å². The highest BCUT2D eigenvalue weighted by Crippen LogP contribution is 2.41. The number of hydrogen-bond acceptors (Lipinski definition) is 2. The van der Waals surface area contributed by atoms with E-state index in [9.17, 15) is 0 Å². The Morgan fingerprint density at radius 2 is 2.08 bits per heavy atom. The minimum Gasteiger partial charge on any atom is -0.320 e. The number of rotatable bonds is 1. The Morgan fingerprint density at radius 1 is 1.42 bits per heavy atom. The van der Waals surface area contributed by atoms with Gasteiger partial charge in [0.25, 0.3) is 0 Å². The minimum absolute atomic E-state index is 0. The topological polar surface area (TPSA) is 38.9 Å². The van der Waals surface area contributed by atoms with Crippen molar-refractivity contribution in [2.45, 2.75) is 18.4 Å². The summed E-state index contributed by atoms with van der Waals surface area (Å²) in [5.41, 5.74) is 6.85. The smallest absolute Gasteiger partial charge is 0.106 e. The van der Waals surface area contributed by atoms with Crippen LogP contribution in [0.5, 0.6) is 0 Å². The van der Waals surface area contributed by atoms with Crippen molar-refractivity contribution < 1.29 is 0 Å². The molecule has 0 bridgehead atoms. The SMILES string of the molecule is Cl.NC1(c2cccc(Br)n2)CC1. The molecule has 66 valence electrons. The Hall–Kier alpha value is -0.120. The van der Waals surface area contributed by atoms with Crippen molar-refractivity contribution in [2.75, 3.05) is 0 Å². The van der Waals surface area contributed by atoms with Gasteiger partial charge in [0.15, 0.2) is 0 Å². The Balaban J connectivity index is 0.000000720. The summed E-state index contributed by atoms with van der Waals surface area (Å²) in [4.78, 5) is 4.30. The summed E-state index contributed by atoms with van der Waals surface area (Å²) in [6.07, 6.45) is 2.13. The molecular weight excluding hydrogens is 239 g/mol. The van der Waals surface area contributed by atoms with E-state index >= 15 is 0 Å². The quantitative estimate of drug-likeness (QED) is 0.775. The summed E-state index contributed by atoms with van der Waals surface area (Å²) in [7, 11) is 0. The molecule has 2 N–H and O–H groups in total. The lowest BCUT2D eigenvalue weighted by molar-refractivity contribution is 0.705. The first-order valence-electron chi connectivity index (χ1n) is 3.63. The Bertz CT molecular complexity index is 286. The van der Waals surface area contributed by atoms with Gasteiger partial charge >= 0.3 is 0 Å². The van der Waals surface area contributed by atoms with E-state index in [1.807, 2.05) is 18.2 Å². The van der Waals surface area contributed by atoms with Gasteiger partial charge in [0.05, 0.1) is 11.2 Å². The first kappa shape index (κ1) is 9.96. The number of pyridine rings is 1. The fourth-order valence-electron chi connectivity index (χ4n) is 1.08. The molecule has 1 aliphatic rings. The molecule has 0 aliphatic heterocycles. The molecule has 0 amide bonds. The highest BCUT2D eigenvalue weighted by molar-refractivity contribution is 9.10. The summed E-state index contributed by atoms with van der Waals surface area (Å²) in [5.74, 6) is 0. The normalized spacial score (nSPS) is 18.2. The van der Waals surface area contributed by atoms with Crippen LogP contribution in [0, 0.1) is 0 Å². The molecule has 1 heterocycles. The van der Waals surface area contributed by atoms with Crippen LogP contribution in [0.2, 0.25) is 0 Å². The van der Waals surface area contributed by atoms with Crippen molar-refractivity contribution in [3.63, 3.8) is 0 Å². The molecule has 2 rings (SSSR count). The summed E-state index contributed by atoms with van der Waals surface area (Å²) >= 11 is 3.32. The van der Waals surface area contributed by atoms with Gasteiger partial charge in [-0.3, -0.25) is 0 Å². The zero-order valence-electron chi connectivity index (χ0n) is 6.46. The number of nitrogens with zero attached hydrogens (tertiary/aromatic N) is 1. The molecule has 1 aliphatic carbocycles. The first-order valence-corrected chi connectivity index (χ1v) is 4.42. The summed E-state index contributed by atoms with van der Waals surface area (Å²) in [6.45, 7) is 0. The summed E-state index contributed by atoms with van der Waals surface area (Å²) in [6, 6.07) is 5.87. The highest BCUT2D eigenvalue weighted by Gasteiger charge is 2.41. The molecule has 2 nitrogen and oxygen atoms in total. The van der Waals surface area contributed by atoms with E-state index in [-0.39, 0.29) is 17.9 Å². The van der Waals surface area contributed by atoms with Gasteiger partial charge in [0.2, 0.25) is 0 Å². The van der Waals surface area contributed by atoms with Crippen molar-refractivity contribution in [2.24, 2.45) is 5.73 Å². The van der Waals surface area contributed by atoms with Gasteiger partial charge in [0.1, 0.15) is 4.60 Å². The molecule has 12 heavy (non-hydrogen) atoms. The Morgan fingerprint density at radius 3 is 2.58 bits per heavy atom. The predicted molar refractivity (Wildman–Crippen MR) is 54.3 cm³/mol. The van der Waals surface area contributed by atoms with Gasteiger partial charge < -0.3 is 5.73 Å². The second-order valence-corrected chi connectivity index (χ2v) is 3.81. The molecule has 1 fully saturated rings. The third-order valence-electron chi connectivity index (χ3n) is 2.01. The summed E-state index contributed by atoms with van der Waals surface area (Å²) < 4.78 is 0.867. The second kappa shape index (κ2) is 3.32. The van der Waals surface area contributed by atoms with E-state index in [1.54, 1.807) is 0 Å². The van der Waals surface area contributed by atoms with Crippen LogP contribution in [0.4, 0.5) is 0 Å². The van der Waals surface area contributed by atoms with Crippen molar-refractivity contribution in [3.05, 3.63) is 28.5 Å². The molecule has 1 aromatic rings. The van der Waals surface area contributed by atoms with E-state index in [0.717, 1.165) is 23.1 Å². The fraction of sp³-hybridized carbons (Fsp3) is 0.375. The van der Waals surface area contributed by atoms with E-state index in [0.29, 0.717) is 0 Å². The minimum atomic E-state index is -0.107. The molecule has 0 saturated heterocycles. The van der Waals surface area contributed by atoms with Gasteiger partial charge in [-0.2, -0.15) is 0 Å². The zero-order valence-corrected chi connectivity index (χ0v) is 8.86. The number of aromatic nitrogens is 1. The van der Waals surface area contributed by atoms with Crippen LogP contribution in [0.25, 0.3) is 0 Å². The van der Waals surface area contributed by atoms with Crippen molar-refractivity contribution >= 4 is 28.3 Å². The molecule has 0 aromatic carbocycles. The van der Waals surface area contributed by atoms with E-state index in [2.05, 4.69) is 20.9 Å². The molecule has 0 spiro atoms. The average Bonchev–Trinajstić information content (AvgIpc) is 2.70. The fourth-order valence-corrected chi connectivity index (χ4v) is 1.42. The second-order valence-electron chi connectivity index (χ2n) is 3.00. The molecule has 1 saturated carbocycles.